The molecule has 196 valence electrons. The lowest BCUT2D eigenvalue weighted by atomic mass is 10.1. The number of nitrogens with one attached hydrogen (secondary N) is 1. The van der Waals surface area contributed by atoms with Crippen LogP contribution in [0.2, 0.25) is 5.02 Å². The number of hydrogen-bond acceptors (Lipinski definition) is 4. The number of benzene rings is 4. The number of nitrogens with zero attached hydrogens (tertiary/aromatic N) is 1. The van der Waals surface area contributed by atoms with Gasteiger partial charge >= 0.3 is 0 Å². The van der Waals surface area contributed by atoms with Gasteiger partial charge in [0.1, 0.15) is 5.75 Å². The van der Waals surface area contributed by atoms with Gasteiger partial charge in [-0.3, -0.25) is 9.10 Å². The third-order valence-corrected chi connectivity index (χ3v) is 8.06. The fourth-order valence-electron chi connectivity index (χ4n) is 3.90. The van der Waals surface area contributed by atoms with Crippen LogP contribution in [0.4, 0.5) is 11.4 Å². The zero-order chi connectivity index (χ0) is 27.1. The van der Waals surface area contributed by atoms with Crippen LogP contribution in [-0.4, -0.2) is 20.9 Å². The smallest absolute Gasteiger partial charge is 0.264 e. The molecule has 8 heteroatoms. The van der Waals surface area contributed by atoms with Crippen LogP contribution in [0.3, 0.4) is 0 Å². The molecule has 38 heavy (non-hydrogen) atoms. The maximum Gasteiger partial charge on any atom is 0.264 e. The Morgan fingerprint density at radius 1 is 0.895 bits per heavy atom. The normalized spacial score (nSPS) is 11.1. The SMILES string of the molecule is CCc1ccccc1NC(=O)COc1ccc(N(Cc2ccc(Cl)cc2)S(=O)(=O)c2ccc(C)cc2)cc1. The van der Waals surface area contributed by atoms with Crippen LogP contribution in [0, 0.1) is 6.92 Å². The third-order valence-electron chi connectivity index (χ3n) is 6.02. The molecule has 0 aliphatic heterocycles. The van der Waals surface area contributed by atoms with Gasteiger partial charge in [-0.25, -0.2) is 8.42 Å². The third kappa shape index (κ3) is 6.73. The summed E-state index contributed by atoms with van der Waals surface area (Å²) in [6.45, 7) is 3.88. The Kier molecular flexibility index (Phi) is 8.71. The molecule has 0 fully saturated rings. The average Bonchev–Trinajstić information content (AvgIpc) is 2.92. The molecule has 6 nitrogen and oxygen atoms in total. The van der Waals surface area contributed by atoms with Gasteiger partial charge in [-0.05, 0) is 79.1 Å². The molecule has 0 saturated carbocycles. The molecule has 4 rings (SSSR count). The summed E-state index contributed by atoms with van der Waals surface area (Å²) in [6, 6.07) is 28.1. The van der Waals surface area contributed by atoms with Gasteiger partial charge in [-0.1, -0.05) is 66.6 Å². The molecule has 0 atom stereocenters. The minimum atomic E-state index is -3.86. The molecule has 0 aliphatic carbocycles. The van der Waals surface area contributed by atoms with E-state index in [2.05, 4.69) is 5.32 Å². The van der Waals surface area contributed by atoms with E-state index in [9.17, 15) is 13.2 Å². The predicted molar refractivity (Wildman–Crippen MR) is 152 cm³/mol. The number of carbonyl (C=O) groups is 1. The molecule has 1 N–H and O–H groups in total. The van der Waals surface area contributed by atoms with E-state index >= 15 is 0 Å². The molecule has 0 bridgehead atoms. The van der Waals surface area contributed by atoms with Crippen LogP contribution in [-0.2, 0) is 27.8 Å². The summed E-state index contributed by atoms with van der Waals surface area (Å²) in [5.41, 5.74) is 4.03. The van der Waals surface area contributed by atoms with Crippen molar-refractivity contribution in [2.75, 3.05) is 16.2 Å². The van der Waals surface area contributed by atoms with Crippen molar-refractivity contribution in [3.63, 3.8) is 0 Å². The molecule has 1 amide bonds. The number of rotatable bonds is 10. The molecular formula is C30H29ClN2O4S. The Bertz CT molecular complexity index is 1490. The number of anilines is 2. The largest absolute Gasteiger partial charge is 0.484 e. The minimum Gasteiger partial charge on any atom is -0.484 e. The highest BCUT2D eigenvalue weighted by atomic mass is 35.5. The Labute approximate surface area is 228 Å². The molecule has 0 spiro atoms. The van der Waals surface area contributed by atoms with Crippen LogP contribution in [0.5, 0.6) is 5.75 Å². The number of hydrogen-bond donors (Lipinski definition) is 1. The number of amides is 1. The minimum absolute atomic E-state index is 0.118. The number of sulfonamides is 1. The molecule has 0 saturated heterocycles. The predicted octanol–water partition coefficient (Wildman–Crippen LogP) is 6.62. The van der Waals surface area contributed by atoms with E-state index < -0.39 is 10.0 Å². The van der Waals surface area contributed by atoms with Crippen molar-refractivity contribution in [1.82, 2.24) is 0 Å². The van der Waals surface area contributed by atoms with Crippen molar-refractivity contribution in [2.24, 2.45) is 0 Å². The van der Waals surface area contributed by atoms with E-state index in [4.69, 9.17) is 16.3 Å². The van der Waals surface area contributed by atoms with Gasteiger partial charge in [-0.15, -0.1) is 0 Å². The van der Waals surface area contributed by atoms with Crippen LogP contribution < -0.4 is 14.4 Å². The van der Waals surface area contributed by atoms with E-state index in [0.717, 1.165) is 28.8 Å². The molecule has 0 heterocycles. The van der Waals surface area contributed by atoms with Crippen molar-refractivity contribution in [2.45, 2.75) is 31.7 Å². The van der Waals surface area contributed by atoms with Crippen molar-refractivity contribution >= 4 is 38.9 Å². The monoisotopic (exact) mass is 548 g/mol. The highest BCUT2D eigenvalue weighted by molar-refractivity contribution is 7.92. The second kappa shape index (κ2) is 12.2. The van der Waals surface area contributed by atoms with E-state index in [1.165, 1.54) is 4.31 Å². The number of halogens is 1. The number of carbonyl (C=O) groups excluding carboxylic acids is 1. The summed E-state index contributed by atoms with van der Waals surface area (Å²) in [6.07, 6.45) is 0.802. The van der Waals surface area contributed by atoms with Crippen LogP contribution in [0.25, 0.3) is 0 Å². The maximum absolute atomic E-state index is 13.7. The van der Waals surface area contributed by atoms with E-state index in [-0.39, 0.29) is 24.0 Å². The van der Waals surface area contributed by atoms with E-state index in [1.54, 1.807) is 72.8 Å². The van der Waals surface area contributed by atoms with Gasteiger partial charge < -0.3 is 10.1 Å². The van der Waals surface area contributed by atoms with Gasteiger partial charge in [0.15, 0.2) is 6.61 Å². The second-order valence-electron chi connectivity index (χ2n) is 8.79. The molecule has 0 radical (unpaired) electrons. The summed E-state index contributed by atoms with van der Waals surface area (Å²) >= 11 is 6.02. The number of para-hydroxylation sites is 1. The van der Waals surface area contributed by atoms with Gasteiger partial charge in [0, 0.05) is 10.7 Å². The first kappa shape index (κ1) is 27.2. The number of ether oxygens (including phenoxy) is 1. The Balaban J connectivity index is 1.52. The summed E-state index contributed by atoms with van der Waals surface area (Å²) < 4.78 is 34.3. The quantitative estimate of drug-likeness (QED) is 0.241. The Hall–Kier alpha value is -3.81. The topological polar surface area (TPSA) is 75.7 Å². The first-order valence-corrected chi connectivity index (χ1v) is 14.0. The summed E-state index contributed by atoms with van der Waals surface area (Å²) in [5.74, 6) is 0.174. The van der Waals surface area contributed by atoms with Crippen molar-refractivity contribution in [3.05, 3.63) is 119 Å². The molecule has 0 aromatic heterocycles. The van der Waals surface area contributed by atoms with Crippen LogP contribution >= 0.6 is 11.6 Å². The Morgan fingerprint density at radius 3 is 2.21 bits per heavy atom. The number of aryl methyl sites for hydroxylation is 2. The van der Waals surface area contributed by atoms with Gasteiger partial charge in [0.2, 0.25) is 0 Å². The summed E-state index contributed by atoms with van der Waals surface area (Å²) in [7, 11) is -3.86. The maximum atomic E-state index is 13.7. The van der Waals surface area contributed by atoms with Crippen molar-refractivity contribution < 1.29 is 17.9 Å². The standard InChI is InChI=1S/C30H29ClN2O4S/c1-3-24-6-4-5-7-29(24)32-30(34)21-37-27-16-14-26(15-17-27)33(20-23-10-12-25(31)13-11-23)38(35,36)28-18-8-22(2)9-19-28/h4-19H,3,20-21H2,1-2H3,(H,32,34). The van der Waals surface area contributed by atoms with Crippen molar-refractivity contribution in [3.8, 4) is 5.75 Å². The molecule has 0 aliphatic rings. The van der Waals surface area contributed by atoms with E-state index in [1.807, 2.05) is 38.1 Å². The van der Waals surface area contributed by atoms with Crippen LogP contribution in [0.1, 0.15) is 23.6 Å². The fraction of sp³-hybridized carbons (Fsp3) is 0.167. The van der Waals surface area contributed by atoms with E-state index in [0.29, 0.717) is 16.5 Å². The van der Waals surface area contributed by atoms with Crippen molar-refractivity contribution in [1.29, 1.82) is 0 Å². The zero-order valence-corrected chi connectivity index (χ0v) is 22.8. The lowest BCUT2D eigenvalue weighted by Gasteiger charge is -2.25. The summed E-state index contributed by atoms with van der Waals surface area (Å²) in [4.78, 5) is 12.6. The molecule has 4 aromatic rings. The first-order chi connectivity index (χ1) is 18.3. The highest BCUT2D eigenvalue weighted by Gasteiger charge is 2.25. The molecule has 4 aromatic carbocycles. The second-order valence-corrected chi connectivity index (χ2v) is 11.1. The van der Waals surface area contributed by atoms with Crippen LogP contribution in [0.15, 0.2) is 102 Å². The van der Waals surface area contributed by atoms with Gasteiger partial charge in [0.05, 0.1) is 17.1 Å². The van der Waals surface area contributed by atoms with Gasteiger partial charge in [-0.2, -0.15) is 0 Å². The fourth-order valence-corrected chi connectivity index (χ4v) is 5.48. The first-order valence-electron chi connectivity index (χ1n) is 12.2. The molecular weight excluding hydrogens is 520 g/mol. The zero-order valence-electron chi connectivity index (χ0n) is 21.2. The average molecular weight is 549 g/mol. The van der Waals surface area contributed by atoms with Gasteiger partial charge in [0.25, 0.3) is 15.9 Å². The summed E-state index contributed by atoms with van der Waals surface area (Å²) in [5, 5.41) is 3.45. The lowest BCUT2D eigenvalue weighted by Crippen LogP contribution is -2.30. The Morgan fingerprint density at radius 2 is 1.55 bits per heavy atom. The highest BCUT2D eigenvalue weighted by Crippen LogP contribution is 2.28. The lowest BCUT2D eigenvalue weighted by molar-refractivity contribution is -0.118. The molecule has 0 unspecified atom stereocenters.